The van der Waals surface area contributed by atoms with E-state index in [0.29, 0.717) is 13.1 Å². The average Bonchev–Trinajstić information content (AvgIpc) is 3.10. The Hall–Kier alpha value is -2.21. The third kappa shape index (κ3) is 4.89. The third-order valence-corrected chi connectivity index (χ3v) is 5.03. The quantitative estimate of drug-likeness (QED) is 0.873. The number of aromatic nitrogens is 3. The van der Waals surface area contributed by atoms with Crippen LogP contribution < -0.4 is 11.1 Å². The van der Waals surface area contributed by atoms with E-state index >= 15 is 0 Å². The number of rotatable bonds is 5. The summed E-state index contributed by atoms with van der Waals surface area (Å²) in [4.78, 5) is 16.6. The molecular weight excluding hydrogens is 314 g/mol. The first kappa shape index (κ1) is 17.6. The zero-order valence-electron chi connectivity index (χ0n) is 14.6. The number of benzene rings is 1. The standard InChI is InChI=1S/C19H27N5O/c20-18-10-4-2-1-3-9-17(18)19(25)22-11-15-7-5-6-8-16(15)12-24-14-21-13-23-24/h5-8,13-14,17-18H,1-4,9-12,20H2,(H,22,25). The van der Waals surface area contributed by atoms with Crippen LogP contribution in [0, 0.1) is 5.92 Å². The highest BCUT2D eigenvalue weighted by atomic mass is 16.1. The maximum absolute atomic E-state index is 12.7. The van der Waals surface area contributed by atoms with Crippen molar-refractivity contribution in [2.45, 2.75) is 57.7 Å². The van der Waals surface area contributed by atoms with Gasteiger partial charge in [0.2, 0.25) is 5.91 Å². The second-order valence-corrected chi connectivity index (χ2v) is 6.84. The predicted molar refractivity (Wildman–Crippen MR) is 96.6 cm³/mol. The lowest BCUT2D eigenvalue weighted by molar-refractivity contribution is -0.126. The van der Waals surface area contributed by atoms with E-state index in [0.717, 1.165) is 36.8 Å². The first-order chi connectivity index (χ1) is 12.2. The molecule has 1 fully saturated rings. The summed E-state index contributed by atoms with van der Waals surface area (Å²) in [6.07, 6.45) is 9.73. The molecule has 134 valence electrons. The molecule has 2 aromatic rings. The Labute approximate surface area is 148 Å². The fourth-order valence-electron chi connectivity index (χ4n) is 3.53. The Bertz CT molecular complexity index is 670. The van der Waals surface area contributed by atoms with Crippen molar-refractivity contribution < 1.29 is 4.79 Å². The highest BCUT2D eigenvalue weighted by Crippen LogP contribution is 2.22. The molecule has 1 saturated carbocycles. The summed E-state index contributed by atoms with van der Waals surface area (Å²) < 4.78 is 1.78. The van der Waals surface area contributed by atoms with Gasteiger partial charge in [0.1, 0.15) is 12.7 Å². The van der Waals surface area contributed by atoms with Gasteiger partial charge in [0.05, 0.1) is 12.5 Å². The maximum Gasteiger partial charge on any atom is 0.224 e. The Morgan fingerprint density at radius 3 is 2.68 bits per heavy atom. The van der Waals surface area contributed by atoms with Crippen molar-refractivity contribution in [2.24, 2.45) is 11.7 Å². The van der Waals surface area contributed by atoms with Crippen molar-refractivity contribution in [3.63, 3.8) is 0 Å². The first-order valence-corrected chi connectivity index (χ1v) is 9.16. The van der Waals surface area contributed by atoms with E-state index in [1.807, 2.05) is 18.2 Å². The molecule has 1 aromatic carbocycles. The van der Waals surface area contributed by atoms with Crippen LogP contribution in [-0.2, 0) is 17.9 Å². The van der Waals surface area contributed by atoms with Crippen molar-refractivity contribution >= 4 is 5.91 Å². The van der Waals surface area contributed by atoms with Crippen molar-refractivity contribution in [3.8, 4) is 0 Å². The van der Waals surface area contributed by atoms with Gasteiger partial charge < -0.3 is 11.1 Å². The number of nitrogens with zero attached hydrogens (tertiary/aromatic N) is 3. The minimum atomic E-state index is -0.0669. The molecule has 6 nitrogen and oxygen atoms in total. The summed E-state index contributed by atoms with van der Waals surface area (Å²) in [6.45, 7) is 1.17. The molecule has 0 aliphatic heterocycles. The number of hydrogen-bond acceptors (Lipinski definition) is 4. The second-order valence-electron chi connectivity index (χ2n) is 6.84. The monoisotopic (exact) mass is 341 g/mol. The molecule has 1 aliphatic rings. The predicted octanol–water partition coefficient (Wildman–Crippen LogP) is 2.24. The molecule has 0 radical (unpaired) electrons. The van der Waals surface area contributed by atoms with Gasteiger partial charge in [-0.1, -0.05) is 49.9 Å². The van der Waals surface area contributed by atoms with Crippen LogP contribution in [0.3, 0.4) is 0 Å². The lowest BCUT2D eigenvalue weighted by atomic mass is 9.86. The number of carbonyl (C=O) groups is 1. The second kappa shape index (κ2) is 8.76. The molecule has 1 heterocycles. The Morgan fingerprint density at radius 1 is 1.16 bits per heavy atom. The van der Waals surface area contributed by atoms with Gasteiger partial charge >= 0.3 is 0 Å². The summed E-state index contributed by atoms with van der Waals surface area (Å²) in [7, 11) is 0. The van der Waals surface area contributed by atoms with E-state index in [1.54, 1.807) is 11.0 Å². The maximum atomic E-state index is 12.7. The lowest BCUT2D eigenvalue weighted by Crippen LogP contribution is -2.42. The summed E-state index contributed by atoms with van der Waals surface area (Å²) >= 11 is 0. The SMILES string of the molecule is NC1CCCCCCC1C(=O)NCc1ccccc1Cn1cncn1. The summed E-state index contributed by atoms with van der Waals surface area (Å²) in [6, 6.07) is 8.08. The van der Waals surface area contributed by atoms with E-state index in [4.69, 9.17) is 5.73 Å². The number of hydrogen-bond donors (Lipinski definition) is 2. The molecule has 0 spiro atoms. The molecular formula is C19H27N5O. The normalized spacial score (nSPS) is 21.3. The van der Waals surface area contributed by atoms with Gasteiger partial charge in [-0.3, -0.25) is 4.79 Å². The minimum Gasteiger partial charge on any atom is -0.352 e. The van der Waals surface area contributed by atoms with Crippen LogP contribution in [0.25, 0.3) is 0 Å². The van der Waals surface area contributed by atoms with Gasteiger partial charge in [-0.05, 0) is 24.0 Å². The number of carbonyl (C=O) groups excluding carboxylic acids is 1. The third-order valence-electron chi connectivity index (χ3n) is 5.03. The smallest absolute Gasteiger partial charge is 0.224 e. The van der Waals surface area contributed by atoms with Crippen LogP contribution in [0.1, 0.15) is 49.7 Å². The summed E-state index contributed by atoms with van der Waals surface area (Å²) in [5, 5.41) is 7.26. The molecule has 1 aromatic heterocycles. The zero-order chi connectivity index (χ0) is 17.5. The molecule has 3 N–H and O–H groups in total. The van der Waals surface area contributed by atoms with Gasteiger partial charge in [-0.15, -0.1) is 0 Å². The zero-order valence-corrected chi connectivity index (χ0v) is 14.6. The molecule has 0 bridgehead atoms. The fourth-order valence-corrected chi connectivity index (χ4v) is 3.53. The molecule has 2 unspecified atom stereocenters. The number of amides is 1. The summed E-state index contributed by atoms with van der Waals surface area (Å²) in [5.74, 6) is 0.0211. The molecule has 3 rings (SSSR count). The van der Waals surface area contributed by atoms with Crippen LogP contribution >= 0.6 is 0 Å². The molecule has 6 heteroatoms. The first-order valence-electron chi connectivity index (χ1n) is 9.16. The van der Waals surface area contributed by atoms with Crippen molar-refractivity contribution in [1.29, 1.82) is 0 Å². The van der Waals surface area contributed by atoms with Crippen molar-refractivity contribution in [3.05, 3.63) is 48.0 Å². The van der Waals surface area contributed by atoms with E-state index in [-0.39, 0.29) is 17.9 Å². The highest BCUT2D eigenvalue weighted by molar-refractivity contribution is 5.79. The van der Waals surface area contributed by atoms with Gasteiger partial charge in [0.15, 0.2) is 0 Å². The van der Waals surface area contributed by atoms with Crippen molar-refractivity contribution in [2.75, 3.05) is 0 Å². The van der Waals surface area contributed by atoms with Crippen LogP contribution in [0.2, 0.25) is 0 Å². The average molecular weight is 341 g/mol. The van der Waals surface area contributed by atoms with E-state index in [1.165, 1.54) is 19.2 Å². The Balaban J connectivity index is 1.61. The van der Waals surface area contributed by atoms with Gasteiger partial charge in [-0.25, -0.2) is 9.67 Å². The van der Waals surface area contributed by atoms with Crippen LogP contribution in [0.15, 0.2) is 36.9 Å². The summed E-state index contributed by atoms with van der Waals surface area (Å²) in [5.41, 5.74) is 8.50. The van der Waals surface area contributed by atoms with Crippen molar-refractivity contribution in [1.82, 2.24) is 20.1 Å². The highest BCUT2D eigenvalue weighted by Gasteiger charge is 2.26. The van der Waals surface area contributed by atoms with Gasteiger partial charge in [-0.2, -0.15) is 5.10 Å². The van der Waals surface area contributed by atoms with E-state index in [2.05, 4.69) is 21.5 Å². The van der Waals surface area contributed by atoms with Crippen LogP contribution in [0.4, 0.5) is 0 Å². The Morgan fingerprint density at radius 2 is 1.92 bits per heavy atom. The fraction of sp³-hybridized carbons (Fsp3) is 0.526. The van der Waals surface area contributed by atoms with E-state index < -0.39 is 0 Å². The van der Waals surface area contributed by atoms with Crippen LogP contribution in [0.5, 0.6) is 0 Å². The van der Waals surface area contributed by atoms with Gasteiger partial charge in [0, 0.05) is 12.6 Å². The molecule has 1 aliphatic carbocycles. The molecule has 1 amide bonds. The number of nitrogens with two attached hydrogens (primary N) is 1. The van der Waals surface area contributed by atoms with Gasteiger partial charge in [0.25, 0.3) is 0 Å². The molecule has 25 heavy (non-hydrogen) atoms. The topological polar surface area (TPSA) is 85.8 Å². The van der Waals surface area contributed by atoms with E-state index in [9.17, 15) is 4.79 Å². The lowest BCUT2D eigenvalue weighted by Gasteiger charge is -2.25. The largest absolute Gasteiger partial charge is 0.352 e. The Kier molecular flexibility index (Phi) is 6.17. The molecule has 0 saturated heterocycles. The molecule has 2 atom stereocenters. The van der Waals surface area contributed by atoms with Crippen LogP contribution in [-0.4, -0.2) is 26.7 Å². The number of nitrogens with one attached hydrogen (secondary N) is 1. The minimum absolute atomic E-state index is 0.0225.